The molecule has 164 valence electrons. The Kier molecular flexibility index (Phi) is 4.62. The molecule has 5 nitrogen and oxygen atoms in total. The van der Waals surface area contributed by atoms with Gasteiger partial charge in [0.15, 0.2) is 5.13 Å². The summed E-state index contributed by atoms with van der Waals surface area (Å²) in [6.07, 6.45) is 10.8. The summed E-state index contributed by atoms with van der Waals surface area (Å²) in [4.78, 5) is 6.47. The number of hydrazine groups is 1. The quantitative estimate of drug-likeness (QED) is 0.667. The second kappa shape index (κ2) is 7.03. The molecule has 1 aliphatic heterocycles. The van der Waals surface area contributed by atoms with E-state index in [1.165, 1.54) is 42.7 Å². The largest absolute Gasteiger partial charge is 0.393 e. The first-order valence-corrected chi connectivity index (χ1v) is 12.9. The maximum atomic E-state index is 10.7. The topological polar surface area (TPSA) is 60.4 Å². The average molecular weight is 429 g/mol. The van der Waals surface area contributed by atoms with Crippen LogP contribution in [-0.2, 0) is 6.42 Å². The Bertz CT molecular complexity index is 861. The molecule has 1 aromatic heterocycles. The number of aliphatic hydroxyl groups is 1. The molecule has 0 spiro atoms. The van der Waals surface area contributed by atoms with E-state index in [-0.39, 0.29) is 16.9 Å². The minimum absolute atomic E-state index is 0.0836. The van der Waals surface area contributed by atoms with Gasteiger partial charge in [0, 0.05) is 26.2 Å². The number of nitrogens with one attached hydrogen (secondary N) is 2. The number of anilines is 1. The minimum Gasteiger partial charge on any atom is -0.393 e. The van der Waals surface area contributed by atoms with Crippen molar-refractivity contribution in [1.29, 1.82) is 0 Å². The van der Waals surface area contributed by atoms with Crippen LogP contribution < -0.4 is 10.7 Å². The molecule has 0 aromatic carbocycles. The molecule has 2 heterocycles. The molecule has 0 amide bonds. The van der Waals surface area contributed by atoms with Gasteiger partial charge in [0.05, 0.1) is 16.7 Å². The molecule has 0 radical (unpaired) electrons. The smallest absolute Gasteiger partial charge is 0.198 e. The Morgan fingerprint density at radius 2 is 2.00 bits per heavy atom. The van der Waals surface area contributed by atoms with E-state index in [9.17, 15) is 5.11 Å². The number of nitrogens with zero attached hydrogens (tertiary/aromatic N) is 2. The molecule has 3 N–H and O–H groups in total. The molecule has 0 unspecified atom stereocenters. The standard InChI is InChI=1S/C24H36N4OS/c1-23-10-8-19-21(30-22(26-19)27-28-13-11-25-12-14-28)18(23)4-3-15-16-5-6-20(29)24(16,2)9-7-17(15)23/h4,15-17,20,25,29H,3,5-14H2,1-2H3,(H,26,27)/t15-,16-,17-,20-,23+,24-/m0/s1. The second-order valence-electron chi connectivity index (χ2n) is 10.9. The van der Waals surface area contributed by atoms with Crippen LogP contribution in [0.5, 0.6) is 0 Å². The van der Waals surface area contributed by atoms with Gasteiger partial charge in [-0.3, -0.25) is 5.43 Å². The lowest BCUT2D eigenvalue weighted by molar-refractivity contribution is -0.0579. The van der Waals surface area contributed by atoms with Gasteiger partial charge in [0.1, 0.15) is 0 Å². The van der Waals surface area contributed by atoms with Crippen LogP contribution in [0, 0.1) is 28.6 Å². The zero-order chi connectivity index (χ0) is 20.5. The number of aryl methyl sites for hydroxylation is 1. The molecule has 30 heavy (non-hydrogen) atoms. The summed E-state index contributed by atoms with van der Waals surface area (Å²) in [5.74, 6) is 2.22. The zero-order valence-electron chi connectivity index (χ0n) is 18.4. The van der Waals surface area contributed by atoms with E-state index in [0.717, 1.165) is 56.0 Å². The first kappa shape index (κ1) is 19.7. The molecule has 3 fully saturated rings. The highest BCUT2D eigenvalue weighted by Crippen LogP contribution is 2.66. The lowest BCUT2D eigenvalue weighted by Gasteiger charge is -2.56. The minimum atomic E-state index is -0.0836. The van der Waals surface area contributed by atoms with E-state index in [1.54, 1.807) is 5.57 Å². The van der Waals surface area contributed by atoms with Gasteiger partial charge in [0.2, 0.25) is 0 Å². The number of hydrogen-bond donors (Lipinski definition) is 3. The van der Waals surface area contributed by atoms with Crippen molar-refractivity contribution in [3.8, 4) is 0 Å². The molecule has 5 aliphatic rings. The first-order valence-electron chi connectivity index (χ1n) is 12.1. The van der Waals surface area contributed by atoms with E-state index < -0.39 is 0 Å². The van der Waals surface area contributed by atoms with E-state index in [4.69, 9.17) is 4.98 Å². The normalized spacial score (nSPS) is 43.2. The summed E-state index contributed by atoms with van der Waals surface area (Å²) in [5, 5.41) is 17.5. The molecule has 2 saturated carbocycles. The number of rotatable bonds is 2. The van der Waals surface area contributed by atoms with Crippen molar-refractivity contribution in [3.05, 3.63) is 16.6 Å². The fourth-order valence-electron chi connectivity index (χ4n) is 7.81. The average Bonchev–Trinajstić information content (AvgIpc) is 3.28. The van der Waals surface area contributed by atoms with Crippen LogP contribution >= 0.6 is 11.3 Å². The van der Waals surface area contributed by atoms with Crippen LogP contribution in [0.2, 0.25) is 0 Å². The van der Waals surface area contributed by atoms with Crippen molar-refractivity contribution >= 4 is 22.0 Å². The SMILES string of the molecule is C[C@]12CC[C@H]3[C@@H](CC=C4c5sc(NN6CCNCC6)nc5CC[C@@]43C)[C@@H]1CC[C@@H]2O. The van der Waals surface area contributed by atoms with Gasteiger partial charge in [0.25, 0.3) is 0 Å². The van der Waals surface area contributed by atoms with Crippen molar-refractivity contribution in [2.75, 3.05) is 31.6 Å². The van der Waals surface area contributed by atoms with Gasteiger partial charge < -0.3 is 10.4 Å². The molecule has 6 heteroatoms. The molecule has 6 atom stereocenters. The summed E-state index contributed by atoms with van der Waals surface area (Å²) < 4.78 is 0. The number of hydrogen-bond acceptors (Lipinski definition) is 6. The Morgan fingerprint density at radius 1 is 1.17 bits per heavy atom. The molecule has 1 aromatic rings. The lowest BCUT2D eigenvalue weighted by atomic mass is 9.48. The van der Waals surface area contributed by atoms with Gasteiger partial charge in [-0.2, -0.15) is 0 Å². The summed E-state index contributed by atoms with van der Waals surface area (Å²) in [7, 11) is 0. The molecule has 4 aliphatic carbocycles. The van der Waals surface area contributed by atoms with Crippen LogP contribution in [0.3, 0.4) is 0 Å². The van der Waals surface area contributed by atoms with Crippen LogP contribution in [0.4, 0.5) is 5.13 Å². The van der Waals surface area contributed by atoms with Gasteiger partial charge in [-0.05, 0) is 79.1 Å². The number of fused-ring (bicyclic) bond motifs is 7. The summed E-state index contributed by atoms with van der Waals surface area (Å²) >= 11 is 1.88. The van der Waals surface area contributed by atoms with Crippen molar-refractivity contribution in [2.24, 2.45) is 28.6 Å². The Labute approximate surface area is 184 Å². The van der Waals surface area contributed by atoms with Crippen LogP contribution in [0.15, 0.2) is 6.08 Å². The third-order valence-corrected chi connectivity index (χ3v) is 10.6. The van der Waals surface area contributed by atoms with E-state index in [1.807, 2.05) is 11.3 Å². The second-order valence-corrected chi connectivity index (χ2v) is 11.9. The Morgan fingerprint density at radius 3 is 2.83 bits per heavy atom. The summed E-state index contributed by atoms with van der Waals surface area (Å²) in [6, 6.07) is 0. The fourth-order valence-corrected chi connectivity index (χ4v) is 9.02. The molecular weight excluding hydrogens is 392 g/mol. The number of allylic oxidation sites excluding steroid dienone is 2. The highest BCUT2D eigenvalue weighted by Gasteiger charge is 2.58. The molecule has 1 saturated heterocycles. The Hall–Kier alpha value is -0.950. The van der Waals surface area contributed by atoms with Crippen molar-refractivity contribution in [2.45, 2.75) is 64.9 Å². The summed E-state index contributed by atoms with van der Waals surface area (Å²) in [5.41, 5.74) is 6.94. The third kappa shape index (κ3) is 2.79. The number of thiazole rings is 1. The fraction of sp³-hybridized carbons (Fsp3) is 0.792. The lowest BCUT2D eigenvalue weighted by Crippen LogP contribution is -2.50. The van der Waals surface area contributed by atoms with E-state index >= 15 is 0 Å². The highest BCUT2D eigenvalue weighted by molar-refractivity contribution is 7.16. The van der Waals surface area contributed by atoms with Crippen molar-refractivity contribution in [1.82, 2.24) is 15.3 Å². The van der Waals surface area contributed by atoms with E-state index in [2.05, 4.69) is 35.7 Å². The van der Waals surface area contributed by atoms with Gasteiger partial charge >= 0.3 is 0 Å². The van der Waals surface area contributed by atoms with Crippen molar-refractivity contribution in [3.63, 3.8) is 0 Å². The number of aliphatic hydroxyl groups excluding tert-OH is 1. The van der Waals surface area contributed by atoms with Gasteiger partial charge in [-0.25, -0.2) is 9.99 Å². The van der Waals surface area contributed by atoms with Crippen molar-refractivity contribution < 1.29 is 5.11 Å². The maximum absolute atomic E-state index is 10.7. The Balaban J connectivity index is 1.30. The molecule has 0 bridgehead atoms. The van der Waals surface area contributed by atoms with Crippen LogP contribution in [0.1, 0.15) is 62.9 Å². The molecule has 6 rings (SSSR count). The predicted octanol–water partition coefficient (Wildman–Crippen LogP) is 3.92. The predicted molar refractivity (Wildman–Crippen MR) is 122 cm³/mol. The monoisotopic (exact) mass is 428 g/mol. The third-order valence-electron chi connectivity index (χ3n) is 9.61. The maximum Gasteiger partial charge on any atom is 0.198 e. The van der Waals surface area contributed by atoms with Crippen LogP contribution in [0.25, 0.3) is 5.57 Å². The number of piperazine rings is 1. The summed E-state index contributed by atoms with van der Waals surface area (Å²) in [6.45, 7) is 9.07. The zero-order valence-corrected chi connectivity index (χ0v) is 19.2. The van der Waals surface area contributed by atoms with Crippen LogP contribution in [-0.4, -0.2) is 47.4 Å². The molecular formula is C24H36N4OS. The van der Waals surface area contributed by atoms with Gasteiger partial charge in [-0.15, -0.1) is 0 Å². The highest BCUT2D eigenvalue weighted by atomic mass is 32.1. The van der Waals surface area contributed by atoms with Gasteiger partial charge in [-0.1, -0.05) is 31.3 Å². The number of aromatic nitrogens is 1. The van der Waals surface area contributed by atoms with E-state index in [0.29, 0.717) is 5.92 Å². The first-order chi connectivity index (χ1) is 14.5.